The molecule has 6 nitrogen and oxygen atoms in total. The molecule has 0 aliphatic rings. The maximum Gasteiger partial charge on any atom is 0.119 e. The second-order valence-corrected chi connectivity index (χ2v) is 11.7. The van der Waals surface area contributed by atoms with E-state index in [-0.39, 0.29) is 13.2 Å². The van der Waals surface area contributed by atoms with E-state index in [4.69, 9.17) is 9.47 Å². The van der Waals surface area contributed by atoms with Gasteiger partial charge in [-0.25, -0.2) is 0 Å². The minimum absolute atomic E-state index is 0.178. The van der Waals surface area contributed by atoms with Crippen LogP contribution in [0.4, 0.5) is 0 Å². The number of rotatable bonds is 18. The van der Waals surface area contributed by atoms with Crippen molar-refractivity contribution in [2.75, 3.05) is 26.3 Å². The molecule has 0 aromatic heterocycles. The third-order valence-electron chi connectivity index (χ3n) is 7.64. The SMILES string of the molecule is O[C@H](COc1ccc(OC[C@H](O)CN(Cc2ccccc2)Cc2ccccc2)cc1)CN(Cc1ccccc1)Cc1ccccc1. The molecule has 0 saturated heterocycles. The molecule has 0 amide bonds. The van der Waals surface area contributed by atoms with Crippen LogP contribution in [0.5, 0.6) is 11.5 Å². The number of aliphatic hydroxyl groups excluding tert-OH is 2. The lowest BCUT2D eigenvalue weighted by Crippen LogP contribution is -2.35. The predicted octanol–water partition coefficient (Wildman–Crippen LogP) is 6.57. The summed E-state index contributed by atoms with van der Waals surface area (Å²) in [5, 5.41) is 21.7. The van der Waals surface area contributed by atoms with Crippen LogP contribution in [0.3, 0.4) is 0 Å². The number of nitrogens with zero attached hydrogens (tertiary/aromatic N) is 2. The van der Waals surface area contributed by atoms with Crippen LogP contribution in [0.25, 0.3) is 0 Å². The fraction of sp³-hybridized carbons (Fsp3) is 0.250. The Balaban J connectivity index is 1.08. The standard InChI is InChI=1S/C40H44N2O4/c43-37(29-41(25-33-13-5-1-6-14-33)26-34-15-7-2-8-16-34)31-45-39-21-23-40(24-22-39)46-32-38(44)30-42(27-35-17-9-3-10-18-35)28-36-19-11-4-12-20-36/h1-24,37-38,43-44H,25-32H2/t37-,38+. The van der Waals surface area contributed by atoms with Crippen molar-refractivity contribution < 1.29 is 19.7 Å². The largest absolute Gasteiger partial charge is 0.491 e. The molecule has 0 aliphatic carbocycles. The van der Waals surface area contributed by atoms with Crippen LogP contribution in [0.15, 0.2) is 146 Å². The van der Waals surface area contributed by atoms with Gasteiger partial charge < -0.3 is 19.7 Å². The Morgan fingerprint density at radius 3 is 0.913 bits per heavy atom. The summed E-state index contributed by atoms with van der Waals surface area (Å²) in [6.07, 6.45) is -1.32. The minimum atomic E-state index is -0.659. The molecule has 2 N–H and O–H groups in total. The van der Waals surface area contributed by atoms with Crippen LogP contribution >= 0.6 is 0 Å². The molecule has 0 radical (unpaired) electrons. The number of hydrogen-bond donors (Lipinski definition) is 2. The van der Waals surface area contributed by atoms with Gasteiger partial charge >= 0.3 is 0 Å². The second-order valence-electron chi connectivity index (χ2n) is 11.7. The van der Waals surface area contributed by atoms with Gasteiger partial charge in [-0.1, -0.05) is 121 Å². The molecule has 5 rings (SSSR count). The first-order chi connectivity index (χ1) is 22.6. The van der Waals surface area contributed by atoms with Crippen molar-refractivity contribution in [3.63, 3.8) is 0 Å². The average molecular weight is 617 g/mol. The Labute approximate surface area is 273 Å². The lowest BCUT2D eigenvalue weighted by molar-refractivity contribution is 0.0615. The first kappa shape index (κ1) is 32.9. The highest BCUT2D eigenvalue weighted by molar-refractivity contribution is 5.31. The molecule has 238 valence electrons. The third-order valence-corrected chi connectivity index (χ3v) is 7.64. The highest BCUT2D eigenvalue weighted by Crippen LogP contribution is 2.19. The summed E-state index contributed by atoms with van der Waals surface area (Å²) in [6, 6.07) is 48.5. The van der Waals surface area contributed by atoms with Gasteiger partial charge in [0.05, 0.1) is 0 Å². The Kier molecular flexibility index (Phi) is 12.8. The first-order valence-corrected chi connectivity index (χ1v) is 15.9. The van der Waals surface area contributed by atoms with Crippen LogP contribution in [0.1, 0.15) is 22.3 Å². The summed E-state index contributed by atoms with van der Waals surface area (Å²) < 4.78 is 11.9. The van der Waals surface area contributed by atoms with Gasteiger partial charge in [0.25, 0.3) is 0 Å². The van der Waals surface area contributed by atoms with Gasteiger partial charge in [0.1, 0.15) is 36.9 Å². The maximum absolute atomic E-state index is 10.9. The molecule has 5 aromatic carbocycles. The number of aliphatic hydroxyl groups is 2. The zero-order valence-electron chi connectivity index (χ0n) is 26.3. The van der Waals surface area contributed by atoms with Gasteiger partial charge in [-0.05, 0) is 46.5 Å². The summed E-state index contributed by atoms with van der Waals surface area (Å²) in [4.78, 5) is 4.48. The summed E-state index contributed by atoms with van der Waals surface area (Å²) in [5.74, 6) is 1.31. The smallest absolute Gasteiger partial charge is 0.119 e. The molecule has 0 spiro atoms. The molecule has 0 heterocycles. The van der Waals surface area contributed by atoms with Gasteiger partial charge in [-0.3, -0.25) is 9.80 Å². The number of benzene rings is 5. The molecule has 0 aliphatic heterocycles. The molecule has 0 bridgehead atoms. The van der Waals surface area contributed by atoms with Crippen molar-refractivity contribution in [3.8, 4) is 11.5 Å². The van der Waals surface area contributed by atoms with E-state index in [1.807, 2.05) is 97.1 Å². The highest BCUT2D eigenvalue weighted by atomic mass is 16.5. The van der Waals surface area contributed by atoms with Crippen molar-refractivity contribution in [2.45, 2.75) is 38.4 Å². The van der Waals surface area contributed by atoms with E-state index in [9.17, 15) is 10.2 Å². The molecular weight excluding hydrogens is 572 g/mol. The van der Waals surface area contributed by atoms with E-state index in [2.05, 4.69) is 58.3 Å². The van der Waals surface area contributed by atoms with Gasteiger partial charge in [0.15, 0.2) is 0 Å². The quantitative estimate of drug-likeness (QED) is 0.116. The molecule has 0 saturated carbocycles. The monoisotopic (exact) mass is 616 g/mol. The van der Waals surface area contributed by atoms with Gasteiger partial charge in [0, 0.05) is 39.3 Å². The molecule has 0 unspecified atom stereocenters. The lowest BCUT2D eigenvalue weighted by atomic mass is 10.1. The van der Waals surface area contributed by atoms with E-state index in [0.29, 0.717) is 24.6 Å². The molecule has 0 fully saturated rings. The topological polar surface area (TPSA) is 65.4 Å². The van der Waals surface area contributed by atoms with Gasteiger partial charge in [-0.2, -0.15) is 0 Å². The Hall–Kier alpha value is -4.46. The summed E-state index contributed by atoms with van der Waals surface area (Å²) in [5.41, 5.74) is 4.81. The van der Waals surface area contributed by atoms with Crippen molar-refractivity contribution in [1.82, 2.24) is 9.80 Å². The fourth-order valence-corrected chi connectivity index (χ4v) is 5.45. The highest BCUT2D eigenvalue weighted by Gasteiger charge is 2.16. The zero-order chi connectivity index (χ0) is 31.8. The van der Waals surface area contributed by atoms with Crippen LogP contribution in [-0.4, -0.2) is 58.5 Å². The van der Waals surface area contributed by atoms with Gasteiger partial charge in [-0.15, -0.1) is 0 Å². The van der Waals surface area contributed by atoms with E-state index >= 15 is 0 Å². The number of hydrogen-bond acceptors (Lipinski definition) is 6. The summed E-state index contributed by atoms with van der Waals surface area (Å²) >= 11 is 0. The minimum Gasteiger partial charge on any atom is -0.491 e. The Morgan fingerprint density at radius 1 is 0.391 bits per heavy atom. The fourth-order valence-electron chi connectivity index (χ4n) is 5.45. The number of ether oxygens (including phenoxy) is 2. The Bertz CT molecular complexity index is 1320. The van der Waals surface area contributed by atoms with E-state index < -0.39 is 12.2 Å². The first-order valence-electron chi connectivity index (χ1n) is 15.9. The predicted molar refractivity (Wildman–Crippen MR) is 183 cm³/mol. The van der Waals surface area contributed by atoms with E-state index in [0.717, 1.165) is 26.2 Å². The molecule has 6 heteroatoms. The molecule has 46 heavy (non-hydrogen) atoms. The summed E-state index contributed by atoms with van der Waals surface area (Å²) in [7, 11) is 0. The molecule has 2 atom stereocenters. The van der Waals surface area contributed by atoms with E-state index in [1.165, 1.54) is 22.3 Å². The van der Waals surface area contributed by atoms with E-state index in [1.54, 1.807) is 0 Å². The second kappa shape index (κ2) is 17.9. The average Bonchev–Trinajstić information content (AvgIpc) is 3.09. The van der Waals surface area contributed by atoms with Crippen LogP contribution in [0, 0.1) is 0 Å². The summed E-state index contributed by atoms with van der Waals surface area (Å²) in [6.45, 7) is 4.27. The third kappa shape index (κ3) is 11.5. The van der Waals surface area contributed by atoms with Gasteiger partial charge in [0.2, 0.25) is 0 Å². The van der Waals surface area contributed by atoms with Crippen molar-refractivity contribution in [2.24, 2.45) is 0 Å². The van der Waals surface area contributed by atoms with Crippen molar-refractivity contribution in [1.29, 1.82) is 0 Å². The normalized spacial score (nSPS) is 12.6. The van der Waals surface area contributed by atoms with Crippen molar-refractivity contribution >= 4 is 0 Å². The molecule has 5 aromatic rings. The van der Waals surface area contributed by atoms with Crippen LogP contribution in [-0.2, 0) is 26.2 Å². The zero-order valence-corrected chi connectivity index (χ0v) is 26.3. The van der Waals surface area contributed by atoms with Crippen LogP contribution < -0.4 is 9.47 Å². The van der Waals surface area contributed by atoms with Crippen molar-refractivity contribution in [3.05, 3.63) is 168 Å². The lowest BCUT2D eigenvalue weighted by Gasteiger charge is -2.26. The molecular formula is C40H44N2O4. The Morgan fingerprint density at radius 2 is 0.652 bits per heavy atom. The maximum atomic E-state index is 10.9. The van der Waals surface area contributed by atoms with Crippen LogP contribution in [0.2, 0.25) is 0 Å².